The molecule has 1 heterocycles. The highest BCUT2D eigenvalue weighted by Gasteiger charge is 2.18. The summed E-state index contributed by atoms with van der Waals surface area (Å²) in [5, 5.41) is 19.2. The number of hydrogen-bond donors (Lipinski definition) is 3. The van der Waals surface area contributed by atoms with E-state index in [1.165, 1.54) is 0 Å². The number of amides is 1. The molecule has 7 heteroatoms. The summed E-state index contributed by atoms with van der Waals surface area (Å²) < 4.78 is 0. The lowest BCUT2D eigenvalue weighted by atomic mass is 9.95. The molecular weight excluding hydrogens is 330 g/mol. The van der Waals surface area contributed by atoms with Gasteiger partial charge in [0.15, 0.2) is 0 Å². The van der Waals surface area contributed by atoms with Crippen LogP contribution >= 0.6 is 11.6 Å². The van der Waals surface area contributed by atoms with E-state index in [0.717, 1.165) is 24.1 Å². The number of benzene rings is 1. The number of carboxylic acids is 1. The number of aromatic amines is 1. The fourth-order valence-corrected chi connectivity index (χ4v) is 2.56. The Balaban J connectivity index is 2.02. The Labute approximate surface area is 145 Å². The van der Waals surface area contributed by atoms with Crippen LogP contribution in [0.3, 0.4) is 0 Å². The first-order valence-corrected chi connectivity index (χ1v) is 8.17. The van der Waals surface area contributed by atoms with Crippen LogP contribution in [0.4, 0.5) is 0 Å². The van der Waals surface area contributed by atoms with Gasteiger partial charge in [0.05, 0.1) is 6.42 Å². The molecule has 0 aliphatic carbocycles. The van der Waals surface area contributed by atoms with Gasteiger partial charge in [-0.1, -0.05) is 37.1 Å². The number of aromatic nitrogens is 2. The molecule has 0 saturated carbocycles. The van der Waals surface area contributed by atoms with Crippen molar-refractivity contribution in [3.05, 3.63) is 52.3 Å². The van der Waals surface area contributed by atoms with Crippen molar-refractivity contribution in [2.45, 2.75) is 32.1 Å². The van der Waals surface area contributed by atoms with E-state index < -0.39 is 5.97 Å². The predicted octanol–water partition coefficient (Wildman–Crippen LogP) is 3.00. The quantitative estimate of drug-likeness (QED) is 0.682. The van der Waals surface area contributed by atoms with Gasteiger partial charge in [-0.3, -0.25) is 14.7 Å². The zero-order valence-corrected chi connectivity index (χ0v) is 14.1. The molecule has 0 radical (unpaired) electrons. The first-order valence-electron chi connectivity index (χ1n) is 7.79. The first kappa shape index (κ1) is 18.0. The molecule has 24 heavy (non-hydrogen) atoms. The Kier molecular flexibility index (Phi) is 6.37. The van der Waals surface area contributed by atoms with Gasteiger partial charge in [-0.05, 0) is 30.2 Å². The average molecular weight is 350 g/mol. The van der Waals surface area contributed by atoms with Crippen molar-refractivity contribution in [1.82, 2.24) is 15.5 Å². The van der Waals surface area contributed by atoms with Crippen molar-refractivity contribution < 1.29 is 14.7 Å². The van der Waals surface area contributed by atoms with Crippen LogP contribution in [0.2, 0.25) is 5.02 Å². The van der Waals surface area contributed by atoms with E-state index in [1.54, 1.807) is 30.3 Å². The second kappa shape index (κ2) is 8.49. The highest BCUT2D eigenvalue weighted by molar-refractivity contribution is 6.30. The average Bonchev–Trinajstić information content (AvgIpc) is 3.01. The number of aliphatic carboxylic acids is 1. The van der Waals surface area contributed by atoms with E-state index in [4.69, 9.17) is 16.7 Å². The summed E-state index contributed by atoms with van der Waals surface area (Å²) >= 11 is 5.86. The second-order valence-electron chi connectivity index (χ2n) is 5.58. The number of H-pyrrole nitrogens is 1. The SMILES string of the molecule is CCCc1cc(C(=O)NCC(CC(=O)O)c2ccc(Cl)cc2)n[nH]1. The van der Waals surface area contributed by atoms with Crippen LogP contribution in [0.25, 0.3) is 0 Å². The highest BCUT2D eigenvalue weighted by atomic mass is 35.5. The highest BCUT2D eigenvalue weighted by Crippen LogP contribution is 2.21. The molecule has 1 amide bonds. The van der Waals surface area contributed by atoms with Gasteiger partial charge >= 0.3 is 5.97 Å². The van der Waals surface area contributed by atoms with Gasteiger partial charge in [0.2, 0.25) is 0 Å². The van der Waals surface area contributed by atoms with Gasteiger partial charge in [-0.15, -0.1) is 0 Å². The van der Waals surface area contributed by atoms with Crippen molar-refractivity contribution in [3.63, 3.8) is 0 Å². The van der Waals surface area contributed by atoms with E-state index in [-0.39, 0.29) is 24.8 Å². The zero-order chi connectivity index (χ0) is 17.5. The number of rotatable bonds is 8. The standard InChI is InChI=1S/C17H20ClN3O3/c1-2-3-14-9-15(21-20-14)17(24)19-10-12(8-16(22)23)11-4-6-13(18)7-5-11/h4-7,9,12H,2-3,8,10H2,1H3,(H,19,24)(H,20,21)(H,22,23). The molecule has 0 spiro atoms. The molecule has 0 aliphatic rings. The molecule has 0 fully saturated rings. The number of halogens is 1. The molecule has 0 aliphatic heterocycles. The van der Waals surface area contributed by atoms with Crippen LogP contribution in [0.1, 0.15) is 47.4 Å². The van der Waals surface area contributed by atoms with Crippen LogP contribution in [-0.4, -0.2) is 33.7 Å². The number of carbonyl (C=O) groups is 2. The van der Waals surface area contributed by atoms with E-state index in [0.29, 0.717) is 10.7 Å². The van der Waals surface area contributed by atoms with Crippen molar-refractivity contribution in [3.8, 4) is 0 Å². The smallest absolute Gasteiger partial charge is 0.304 e. The maximum atomic E-state index is 12.2. The summed E-state index contributed by atoms with van der Waals surface area (Å²) in [6.45, 7) is 2.26. The van der Waals surface area contributed by atoms with Crippen LogP contribution in [-0.2, 0) is 11.2 Å². The Morgan fingerprint density at radius 3 is 2.67 bits per heavy atom. The lowest BCUT2D eigenvalue weighted by Crippen LogP contribution is -2.29. The maximum absolute atomic E-state index is 12.2. The summed E-state index contributed by atoms with van der Waals surface area (Å²) in [7, 11) is 0. The molecule has 1 aromatic heterocycles. The van der Waals surface area contributed by atoms with Gasteiger partial charge in [0.25, 0.3) is 5.91 Å². The van der Waals surface area contributed by atoms with Crippen molar-refractivity contribution in [1.29, 1.82) is 0 Å². The number of hydrogen-bond acceptors (Lipinski definition) is 3. The van der Waals surface area contributed by atoms with E-state index in [2.05, 4.69) is 15.5 Å². The molecule has 1 aromatic carbocycles. The molecule has 2 rings (SSSR count). The normalized spacial score (nSPS) is 11.9. The Morgan fingerprint density at radius 2 is 2.04 bits per heavy atom. The van der Waals surface area contributed by atoms with E-state index >= 15 is 0 Å². The van der Waals surface area contributed by atoms with Gasteiger partial charge in [-0.2, -0.15) is 5.10 Å². The van der Waals surface area contributed by atoms with Gasteiger partial charge in [0, 0.05) is 23.2 Å². The summed E-state index contributed by atoms with van der Waals surface area (Å²) in [6, 6.07) is 8.68. The molecular formula is C17H20ClN3O3. The van der Waals surface area contributed by atoms with Gasteiger partial charge in [-0.25, -0.2) is 0 Å². The number of carboxylic acid groups (broad SMARTS) is 1. The van der Waals surface area contributed by atoms with E-state index in [9.17, 15) is 9.59 Å². The molecule has 3 N–H and O–H groups in total. The predicted molar refractivity (Wildman–Crippen MR) is 91.4 cm³/mol. The Bertz CT molecular complexity index is 697. The van der Waals surface area contributed by atoms with Crippen LogP contribution in [0.15, 0.2) is 30.3 Å². The number of nitrogens with one attached hydrogen (secondary N) is 2. The summed E-state index contributed by atoms with van der Waals surface area (Å²) in [5.41, 5.74) is 2.03. The van der Waals surface area contributed by atoms with Crippen molar-refractivity contribution in [2.75, 3.05) is 6.54 Å². The van der Waals surface area contributed by atoms with Crippen LogP contribution in [0.5, 0.6) is 0 Å². The summed E-state index contributed by atoms with van der Waals surface area (Å²) in [4.78, 5) is 23.3. The minimum Gasteiger partial charge on any atom is -0.481 e. The molecule has 6 nitrogen and oxygen atoms in total. The van der Waals surface area contributed by atoms with Gasteiger partial charge in [0.1, 0.15) is 5.69 Å². The molecule has 2 aromatic rings. The molecule has 1 atom stereocenters. The number of aryl methyl sites for hydroxylation is 1. The zero-order valence-electron chi connectivity index (χ0n) is 13.4. The Hall–Kier alpha value is -2.34. The minimum atomic E-state index is -0.922. The third kappa shape index (κ3) is 5.09. The van der Waals surface area contributed by atoms with Crippen LogP contribution < -0.4 is 5.32 Å². The van der Waals surface area contributed by atoms with Crippen molar-refractivity contribution in [2.24, 2.45) is 0 Å². The minimum absolute atomic E-state index is 0.0798. The molecule has 128 valence electrons. The fourth-order valence-electron chi connectivity index (χ4n) is 2.44. The Morgan fingerprint density at radius 1 is 1.33 bits per heavy atom. The third-order valence-electron chi connectivity index (χ3n) is 3.65. The summed E-state index contributed by atoms with van der Waals surface area (Å²) in [6.07, 6.45) is 1.71. The fraction of sp³-hybridized carbons (Fsp3) is 0.353. The number of nitrogens with zero attached hydrogens (tertiary/aromatic N) is 1. The van der Waals surface area contributed by atoms with Crippen LogP contribution in [0, 0.1) is 0 Å². The maximum Gasteiger partial charge on any atom is 0.304 e. The topological polar surface area (TPSA) is 95.1 Å². The largest absolute Gasteiger partial charge is 0.481 e. The molecule has 0 bridgehead atoms. The van der Waals surface area contributed by atoms with Crippen molar-refractivity contribution >= 4 is 23.5 Å². The third-order valence-corrected chi connectivity index (χ3v) is 3.91. The second-order valence-corrected chi connectivity index (χ2v) is 6.02. The molecule has 0 saturated heterocycles. The van der Waals surface area contributed by atoms with Gasteiger partial charge < -0.3 is 10.4 Å². The summed E-state index contributed by atoms with van der Waals surface area (Å²) in [5.74, 6) is -1.58. The lowest BCUT2D eigenvalue weighted by molar-refractivity contribution is -0.137. The molecule has 1 unspecified atom stereocenters. The lowest BCUT2D eigenvalue weighted by Gasteiger charge is -2.16. The van der Waals surface area contributed by atoms with E-state index in [1.807, 2.05) is 6.92 Å². The first-order chi connectivity index (χ1) is 11.5. The monoisotopic (exact) mass is 349 g/mol. The number of carbonyl (C=O) groups excluding carboxylic acids is 1.